The second-order valence-electron chi connectivity index (χ2n) is 6.63. The summed E-state index contributed by atoms with van der Waals surface area (Å²) in [6, 6.07) is -0.713. The molecule has 0 radical (unpaired) electrons. The molecule has 0 aliphatic carbocycles. The molecule has 1 fully saturated rings. The van der Waals surface area contributed by atoms with Crippen LogP contribution in [0, 0.1) is 0 Å². The summed E-state index contributed by atoms with van der Waals surface area (Å²) in [5, 5.41) is 50.2. The Morgan fingerprint density at radius 2 is 1.30 bits per heavy atom. The molecule has 1 aliphatic rings. The van der Waals surface area contributed by atoms with Crippen molar-refractivity contribution in [1.82, 2.24) is 20.0 Å². The molecule has 1 aliphatic heterocycles. The van der Waals surface area contributed by atoms with E-state index in [1.165, 1.54) is 0 Å². The molecule has 158 valence electrons. The number of nitrogens with one attached hydrogen (secondary N) is 1. The van der Waals surface area contributed by atoms with Crippen LogP contribution in [0.1, 0.15) is 0 Å². The second-order valence-corrected chi connectivity index (χ2v) is 6.63. The third-order valence-corrected chi connectivity index (χ3v) is 4.62. The minimum atomic E-state index is -1.15. The van der Waals surface area contributed by atoms with Gasteiger partial charge in [-0.15, -0.1) is 0 Å². The molecule has 0 amide bonds. The van der Waals surface area contributed by atoms with Crippen molar-refractivity contribution in [2.24, 2.45) is 0 Å². The van der Waals surface area contributed by atoms with Crippen LogP contribution < -0.4 is 5.32 Å². The topological polar surface area (TPSA) is 157 Å². The molecular weight excluding hydrogens is 360 g/mol. The number of rotatable bonds is 8. The zero-order valence-electron chi connectivity index (χ0n) is 15.5. The van der Waals surface area contributed by atoms with E-state index < -0.39 is 30.7 Å². The lowest BCUT2D eigenvalue weighted by molar-refractivity contribution is -0.139. The van der Waals surface area contributed by atoms with E-state index in [9.17, 15) is 24.9 Å². The molecule has 0 unspecified atom stereocenters. The van der Waals surface area contributed by atoms with Crippen molar-refractivity contribution in [1.29, 1.82) is 0 Å². The monoisotopic (exact) mass is 392 g/mol. The van der Waals surface area contributed by atoms with Crippen LogP contribution in [-0.2, 0) is 9.59 Å². The average molecular weight is 392 g/mol. The third kappa shape index (κ3) is 9.42. The van der Waals surface area contributed by atoms with Crippen LogP contribution in [0.5, 0.6) is 0 Å². The van der Waals surface area contributed by atoms with Crippen LogP contribution in [0.15, 0.2) is 0 Å². The number of hydrogen-bond acceptors (Lipinski definition) is 9. The van der Waals surface area contributed by atoms with Crippen molar-refractivity contribution in [2.75, 3.05) is 78.7 Å². The summed E-state index contributed by atoms with van der Waals surface area (Å²) >= 11 is 0. The molecule has 11 nitrogen and oxygen atoms in total. The third-order valence-electron chi connectivity index (χ3n) is 4.62. The van der Waals surface area contributed by atoms with Crippen LogP contribution in [-0.4, -0.2) is 143 Å². The second kappa shape index (κ2) is 12.9. The molecule has 0 aromatic rings. The Balaban J connectivity index is 2.88. The average Bonchev–Trinajstić information content (AvgIpc) is 2.60. The summed E-state index contributed by atoms with van der Waals surface area (Å²) in [5.74, 6) is -1.87. The van der Waals surface area contributed by atoms with Gasteiger partial charge in [0.2, 0.25) is 0 Å². The Kier molecular flexibility index (Phi) is 11.4. The molecule has 6 N–H and O–H groups in total. The summed E-state index contributed by atoms with van der Waals surface area (Å²) < 4.78 is 0. The van der Waals surface area contributed by atoms with Crippen molar-refractivity contribution in [3.05, 3.63) is 0 Å². The van der Waals surface area contributed by atoms with Crippen molar-refractivity contribution in [2.45, 2.75) is 12.1 Å². The van der Waals surface area contributed by atoms with Gasteiger partial charge in [-0.05, 0) is 0 Å². The summed E-state index contributed by atoms with van der Waals surface area (Å²) in [5.41, 5.74) is 0. The highest BCUT2D eigenvalue weighted by Crippen LogP contribution is 2.07. The Labute approximate surface area is 158 Å². The molecule has 0 bridgehead atoms. The van der Waals surface area contributed by atoms with E-state index >= 15 is 0 Å². The lowest BCUT2D eigenvalue weighted by Crippen LogP contribution is -2.53. The van der Waals surface area contributed by atoms with Gasteiger partial charge >= 0.3 is 11.9 Å². The molecule has 0 spiro atoms. The van der Waals surface area contributed by atoms with E-state index in [-0.39, 0.29) is 19.7 Å². The molecule has 0 aromatic carbocycles. The van der Waals surface area contributed by atoms with Crippen LogP contribution in [0.4, 0.5) is 0 Å². The van der Waals surface area contributed by atoms with Gasteiger partial charge in [-0.3, -0.25) is 24.3 Å². The summed E-state index contributed by atoms with van der Waals surface area (Å²) in [4.78, 5) is 27.4. The Hall–Kier alpha value is -1.34. The predicted octanol–water partition coefficient (Wildman–Crippen LogP) is -3.62. The minimum Gasteiger partial charge on any atom is -0.480 e. The van der Waals surface area contributed by atoms with Gasteiger partial charge in [0, 0.05) is 52.4 Å². The van der Waals surface area contributed by atoms with Crippen molar-refractivity contribution in [3.63, 3.8) is 0 Å². The maximum absolute atomic E-state index is 11.1. The molecule has 2 atom stereocenters. The zero-order chi connectivity index (χ0) is 20.2. The van der Waals surface area contributed by atoms with Crippen molar-refractivity contribution < 1.29 is 35.1 Å². The molecule has 1 saturated heterocycles. The lowest BCUT2D eigenvalue weighted by atomic mass is 10.1. The van der Waals surface area contributed by atoms with Crippen LogP contribution in [0.25, 0.3) is 0 Å². The number of nitrogens with zero attached hydrogens (tertiary/aromatic N) is 3. The van der Waals surface area contributed by atoms with Gasteiger partial charge in [0.1, 0.15) is 0 Å². The Bertz CT molecular complexity index is 424. The summed E-state index contributed by atoms with van der Waals surface area (Å²) in [7, 11) is 0. The normalized spacial score (nSPS) is 21.7. The van der Waals surface area contributed by atoms with Crippen LogP contribution in [0.2, 0.25) is 0 Å². The van der Waals surface area contributed by atoms with Crippen molar-refractivity contribution in [3.8, 4) is 0 Å². The number of carboxylic acids is 2. The van der Waals surface area contributed by atoms with Crippen molar-refractivity contribution >= 4 is 11.9 Å². The van der Waals surface area contributed by atoms with Crippen LogP contribution >= 0.6 is 0 Å². The van der Waals surface area contributed by atoms with E-state index in [1.54, 1.807) is 14.7 Å². The first-order valence-corrected chi connectivity index (χ1v) is 9.10. The fraction of sp³-hybridized carbons (Fsp3) is 0.875. The number of aliphatic carboxylic acids is 2. The Morgan fingerprint density at radius 3 is 1.67 bits per heavy atom. The van der Waals surface area contributed by atoms with E-state index in [2.05, 4.69) is 5.32 Å². The standard InChI is InChI=1S/C16H32N4O7/c21-11-13(14(23)12-22)20-7-5-18(9-15(24)25)3-1-17-2-4-19(6-8-20)10-16(26)27/h13-14,17,21-23H,1-12H2,(H,24,25)(H,26,27)/t13-,14-/m0/s1. The molecule has 1 rings (SSSR count). The maximum Gasteiger partial charge on any atom is 0.317 e. The minimum absolute atomic E-state index is 0.118. The number of aliphatic hydroxyl groups excluding tert-OH is 3. The fourth-order valence-electron chi connectivity index (χ4n) is 3.11. The molecule has 27 heavy (non-hydrogen) atoms. The zero-order valence-corrected chi connectivity index (χ0v) is 15.5. The van der Waals surface area contributed by atoms with Gasteiger partial charge in [-0.2, -0.15) is 0 Å². The maximum atomic E-state index is 11.1. The molecule has 0 aromatic heterocycles. The molecular formula is C16H32N4O7. The van der Waals surface area contributed by atoms with Gasteiger partial charge in [-0.1, -0.05) is 0 Å². The largest absolute Gasteiger partial charge is 0.480 e. The quantitative estimate of drug-likeness (QED) is 0.242. The first-order chi connectivity index (χ1) is 12.9. The summed E-state index contributed by atoms with van der Waals surface area (Å²) in [6.45, 7) is 2.57. The molecule has 0 saturated carbocycles. The van der Waals surface area contributed by atoms with Gasteiger partial charge < -0.3 is 30.8 Å². The van der Waals surface area contributed by atoms with Gasteiger partial charge in [0.25, 0.3) is 0 Å². The highest BCUT2D eigenvalue weighted by molar-refractivity contribution is 5.69. The molecule has 1 heterocycles. The molecule has 11 heteroatoms. The number of carbonyl (C=O) groups is 2. The fourth-order valence-corrected chi connectivity index (χ4v) is 3.11. The highest BCUT2D eigenvalue weighted by Gasteiger charge is 2.26. The first kappa shape index (κ1) is 23.7. The number of carboxylic acid groups (broad SMARTS) is 2. The SMILES string of the molecule is O=C(O)CN1CCNCCN(CC(=O)O)CCN([C@@H](CO)[C@@H](O)CO)CC1. The smallest absolute Gasteiger partial charge is 0.317 e. The lowest BCUT2D eigenvalue weighted by Gasteiger charge is -2.36. The van der Waals surface area contributed by atoms with Gasteiger partial charge in [0.05, 0.1) is 38.4 Å². The van der Waals surface area contributed by atoms with E-state index in [0.29, 0.717) is 52.4 Å². The van der Waals surface area contributed by atoms with Crippen LogP contribution in [0.3, 0.4) is 0 Å². The number of aliphatic hydroxyl groups is 3. The van der Waals surface area contributed by atoms with E-state index in [4.69, 9.17) is 10.2 Å². The first-order valence-electron chi connectivity index (χ1n) is 9.10. The number of hydrogen-bond donors (Lipinski definition) is 6. The van der Waals surface area contributed by atoms with Gasteiger partial charge in [0.15, 0.2) is 0 Å². The predicted molar refractivity (Wildman–Crippen MR) is 96.6 cm³/mol. The van der Waals surface area contributed by atoms with Gasteiger partial charge in [-0.25, -0.2) is 0 Å². The van der Waals surface area contributed by atoms with E-state index in [1.807, 2.05) is 0 Å². The Morgan fingerprint density at radius 1 is 0.815 bits per heavy atom. The highest BCUT2D eigenvalue weighted by atomic mass is 16.4. The summed E-state index contributed by atoms with van der Waals surface area (Å²) in [6.07, 6.45) is -1.15. The van der Waals surface area contributed by atoms with E-state index in [0.717, 1.165) is 0 Å².